The monoisotopic (exact) mass is 425 g/mol. The van der Waals surface area contributed by atoms with E-state index >= 15 is 0 Å². The van der Waals surface area contributed by atoms with E-state index in [0.717, 1.165) is 21.3 Å². The van der Waals surface area contributed by atoms with Crippen LogP contribution >= 0.6 is 27.5 Å². The van der Waals surface area contributed by atoms with Crippen LogP contribution in [-0.4, -0.2) is 6.21 Å². The van der Waals surface area contributed by atoms with Crippen LogP contribution < -0.4 is 10.6 Å². The first-order valence-corrected chi connectivity index (χ1v) is 9.48. The molecular formula is C21H17BrClN3. The molecular weight excluding hydrogens is 410 g/mol. The van der Waals surface area contributed by atoms with Gasteiger partial charge in [0, 0.05) is 21.4 Å². The maximum atomic E-state index is 6.09. The Labute approximate surface area is 166 Å². The molecule has 2 N–H and O–H groups in total. The molecule has 3 aromatic carbocycles. The number of halogens is 2. The van der Waals surface area contributed by atoms with E-state index in [1.54, 1.807) is 0 Å². The Morgan fingerprint density at radius 2 is 1.62 bits per heavy atom. The van der Waals surface area contributed by atoms with Gasteiger partial charge in [-0.25, -0.2) is 0 Å². The molecule has 4 rings (SSSR count). The topological polar surface area (TPSA) is 36.4 Å². The summed E-state index contributed by atoms with van der Waals surface area (Å²) in [6, 6.07) is 26.1. The summed E-state index contributed by atoms with van der Waals surface area (Å²) in [5.41, 5.74) is 2.55. The Balaban J connectivity index is 1.70. The van der Waals surface area contributed by atoms with Crippen molar-refractivity contribution >= 4 is 39.4 Å². The highest BCUT2D eigenvalue weighted by molar-refractivity contribution is 9.10. The third-order valence-corrected chi connectivity index (χ3v) is 5.16. The molecule has 0 saturated heterocycles. The van der Waals surface area contributed by atoms with Gasteiger partial charge in [-0.1, -0.05) is 70.0 Å². The summed E-state index contributed by atoms with van der Waals surface area (Å²) in [7, 11) is 0. The minimum Gasteiger partial charge on any atom is -0.359 e. The number of hydrogen-bond donors (Lipinski definition) is 2. The van der Waals surface area contributed by atoms with Crippen LogP contribution in [0.4, 0.5) is 5.69 Å². The quantitative estimate of drug-likeness (QED) is 0.558. The molecule has 2 atom stereocenters. The lowest BCUT2D eigenvalue weighted by molar-refractivity contribution is 0.473. The Morgan fingerprint density at radius 3 is 2.31 bits per heavy atom. The second kappa shape index (κ2) is 7.23. The Morgan fingerprint density at radius 1 is 0.923 bits per heavy atom. The van der Waals surface area contributed by atoms with Crippen LogP contribution in [0.3, 0.4) is 0 Å². The molecule has 0 amide bonds. The zero-order valence-electron chi connectivity index (χ0n) is 13.9. The fourth-order valence-electron chi connectivity index (χ4n) is 3.05. The third kappa shape index (κ3) is 3.54. The highest BCUT2D eigenvalue weighted by Crippen LogP contribution is 2.32. The van der Waals surface area contributed by atoms with Crippen molar-refractivity contribution in [3.8, 4) is 0 Å². The van der Waals surface area contributed by atoms with Gasteiger partial charge in [0.25, 0.3) is 0 Å². The van der Waals surface area contributed by atoms with E-state index in [0.29, 0.717) is 5.02 Å². The van der Waals surface area contributed by atoms with Crippen LogP contribution in [0, 0.1) is 0 Å². The molecule has 0 saturated carbocycles. The van der Waals surface area contributed by atoms with Gasteiger partial charge < -0.3 is 5.32 Å². The number of nitrogens with one attached hydrogen (secondary N) is 2. The van der Waals surface area contributed by atoms with Gasteiger partial charge in [-0.15, -0.1) is 0 Å². The van der Waals surface area contributed by atoms with E-state index in [1.807, 2.05) is 72.9 Å². The predicted octanol–water partition coefficient (Wildman–Crippen LogP) is 5.74. The molecule has 0 aromatic heterocycles. The summed E-state index contributed by atoms with van der Waals surface area (Å²) in [4.78, 5) is 4.73. The molecule has 2 unspecified atom stereocenters. The van der Waals surface area contributed by atoms with Gasteiger partial charge in [-0.3, -0.25) is 10.3 Å². The van der Waals surface area contributed by atoms with Crippen molar-refractivity contribution in [1.29, 1.82) is 0 Å². The molecule has 0 spiro atoms. The van der Waals surface area contributed by atoms with Crippen molar-refractivity contribution in [2.24, 2.45) is 4.99 Å². The third-order valence-electron chi connectivity index (χ3n) is 4.38. The summed E-state index contributed by atoms with van der Waals surface area (Å²) in [6.07, 6.45) is 1.82. The van der Waals surface area contributed by atoms with Crippen LogP contribution in [0.25, 0.3) is 0 Å². The van der Waals surface area contributed by atoms with Crippen LogP contribution in [0.2, 0.25) is 5.02 Å². The molecule has 5 heteroatoms. The minimum atomic E-state index is -0.612. The minimum absolute atomic E-state index is 0.116. The summed E-state index contributed by atoms with van der Waals surface area (Å²) >= 11 is 9.57. The van der Waals surface area contributed by atoms with Crippen molar-refractivity contribution in [3.05, 3.63) is 99.5 Å². The summed E-state index contributed by atoms with van der Waals surface area (Å²) < 4.78 is 1.04. The zero-order chi connectivity index (χ0) is 18.0. The van der Waals surface area contributed by atoms with Gasteiger partial charge >= 0.3 is 0 Å². The maximum absolute atomic E-state index is 6.09. The molecule has 130 valence electrons. The highest BCUT2D eigenvalue weighted by atomic mass is 79.9. The molecule has 0 aliphatic carbocycles. The fraction of sp³-hybridized carbons (Fsp3) is 0.0952. The number of nitrogens with zero attached hydrogens (tertiary/aromatic N) is 1. The van der Waals surface area contributed by atoms with Gasteiger partial charge in [-0.2, -0.15) is 0 Å². The molecule has 0 bridgehead atoms. The standard InChI is InChI=1S/C21H17BrClN3/c22-17-8-12-19(13-9-17)25-21(16-6-10-18(23)11-7-16)14-24-20(26-21)15-4-2-1-3-5-15/h1-14,20,25-26H. The molecule has 1 aliphatic rings. The predicted molar refractivity (Wildman–Crippen MR) is 112 cm³/mol. The smallest absolute Gasteiger partial charge is 0.153 e. The molecule has 3 nitrogen and oxygen atoms in total. The Hall–Kier alpha value is -2.14. The molecule has 26 heavy (non-hydrogen) atoms. The van der Waals surface area contributed by atoms with Crippen molar-refractivity contribution in [3.63, 3.8) is 0 Å². The summed E-state index contributed by atoms with van der Waals surface area (Å²) in [6.45, 7) is 0. The zero-order valence-corrected chi connectivity index (χ0v) is 16.2. The summed E-state index contributed by atoms with van der Waals surface area (Å²) in [5.74, 6) is 0. The number of benzene rings is 3. The molecule has 1 heterocycles. The normalized spacial score (nSPS) is 21.7. The lowest BCUT2D eigenvalue weighted by Gasteiger charge is -2.31. The molecule has 1 aliphatic heterocycles. The average molecular weight is 427 g/mol. The molecule has 3 aromatic rings. The van der Waals surface area contributed by atoms with E-state index < -0.39 is 5.66 Å². The first-order valence-electron chi connectivity index (χ1n) is 8.31. The maximum Gasteiger partial charge on any atom is 0.153 e. The van der Waals surface area contributed by atoms with Gasteiger partial charge in [0.1, 0.15) is 6.17 Å². The van der Waals surface area contributed by atoms with Gasteiger partial charge in [0.2, 0.25) is 0 Å². The van der Waals surface area contributed by atoms with Crippen LogP contribution in [0.15, 0.2) is 88.3 Å². The Kier molecular flexibility index (Phi) is 4.81. The lowest BCUT2D eigenvalue weighted by Crippen LogP contribution is -2.47. The first kappa shape index (κ1) is 17.3. The van der Waals surface area contributed by atoms with Crippen LogP contribution in [0.5, 0.6) is 0 Å². The largest absolute Gasteiger partial charge is 0.359 e. The van der Waals surface area contributed by atoms with Gasteiger partial charge in [-0.05, 0) is 47.5 Å². The lowest BCUT2D eigenvalue weighted by atomic mass is 10.00. The van der Waals surface area contributed by atoms with Crippen LogP contribution in [-0.2, 0) is 5.66 Å². The first-order chi connectivity index (χ1) is 12.6. The Bertz CT molecular complexity index is 910. The van der Waals surface area contributed by atoms with Crippen LogP contribution in [0.1, 0.15) is 17.3 Å². The number of hydrogen-bond acceptors (Lipinski definition) is 3. The van der Waals surface area contributed by atoms with Crippen molar-refractivity contribution in [1.82, 2.24) is 5.32 Å². The SMILES string of the molecule is Clc1ccc(C2(Nc3ccc(Br)cc3)C=NC(c3ccccc3)N2)cc1. The van der Waals surface area contributed by atoms with E-state index in [-0.39, 0.29) is 6.17 Å². The number of aliphatic imine (C=N–C) groups is 1. The van der Waals surface area contributed by atoms with E-state index in [2.05, 4.69) is 38.7 Å². The van der Waals surface area contributed by atoms with Gasteiger partial charge in [0.15, 0.2) is 5.66 Å². The second-order valence-electron chi connectivity index (χ2n) is 6.18. The van der Waals surface area contributed by atoms with Crippen molar-refractivity contribution in [2.75, 3.05) is 5.32 Å². The summed E-state index contributed by atoms with van der Waals surface area (Å²) in [5, 5.41) is 7.93. The number of rotatable bonds is 4. The van der Waals surface area contributed by atoms with Crippen molar-refractivity contribution in [2.45, 2.75) is 11.8 Å². The average Bonchev–Trinajstić information content (AvgIpc) is 3.10. The van der Waals surface area contributed by atoms with E-state index in [9.17, 15) is 0 Å². The van der Waals surface area contributed by atoms with Crippen molar-refractivity contribution < 1.29 is 0 Å². The van der Waals surface area contributed by atoms with Gasteiger partial charge in [0.05, 0.1) is 0 Å². The highest BCUT2D eigenvalue weighted by Gasteiger charge is 2.37. The van der Waals surface area contributed by atoms with E-state index in [4.69, 9.17) is 16.6 Å². The fourth-order valence-corrected chi connectivity index (χ4v) is 3.44. The second-order valence-corrected chi connectivity index (χ2v) is 7.53. The number of anilines is 1. The molecule has 0 fully saturated rings. The molecule has 0 radical (unpaired) electrons. The van der Waals surface area contributed by atoms with E-state index in [1.165, 1.54) is 0 Å².